The normalized spacial score (nSPS) is 27.8. The Morgan fingerprint density at radius 2 is 1.88 bits per heavy atom. The number of hydrogen-bond donors (Lipinski definition) is 1. The minimum Gasteiger partial charge on any atom is -0.339 e. The van der Waals surface area contributed by atoms with Crippen LogP contribution in [-0.2, 0) is 9.84 Å². The molecule has 0 saturated carbocycles. The fourth-order valence-electron chi connectivity index (χ4n) is 3.34. The lowest BCUT2D eigenvalue weighted by molar-refractivity contribution is 0.0793. The van der Waals surface area contributed by atoms with Crippen molar-refractivity contribution in [2.24, 2.45) is 4.99 Å². The Kier molecular flexibility index (Phi) is 4.04. The van der Waals surface area contributed by atoms with E-state index < -0.39 is 9.84 Å². The number of anilines is 1. The molecule has 128 valence electrons. The zero-order chi connectivity index (χ0) is 16.7. The first-order valence-electron chi connectivity index (χ1n) is 8.11. The van der Waals surface area contributed by atoms with Crippen LogP contribution >= 0.6 is 11.8 Å². The predicted octanol–water partition coefficient (Wildman–Crippen LogP) is 1.60. The van der Waals surface area contributed by atoms with Gasteiger partial charge in [-0.05, 0) is 37.1 Å². The van der Waals surface area contributed by atoms with Crippen LogP contribution in [0.2, 0.25) is 0 Å². The van der Waals surface area contributed by atoms with Gasteiger partial charge in [-0.1, -0.05) is 11.8 Å². The third kappa shape index (κ3) is 3.17. The summed E-state index contributed by atoms with van der Waals surface area (Å²) in [6.45, 7) is 1.69. The third-order valence-corrected chi connectivity index (χ3v) is 7.74. The number of carbonyl (C=O) groups excluding carboxylic acids is 1. The number of benzene rings is 1. The Labute approximate surface area is 145 Å². The maximum absolute atomic E-state index is 12.3. The Balaban J connectivity index is 1.40. The van der Waals surface area contributed by atoms with Gasteiger partial charge in [0, 0.05) is 29.6 Å². The van der Waals surface area contributed by atoms with Crippen molar-refractivity contribution in [1.82, 2.24) is 4.90 Å². The van der Waals surface area contributed by atoms with E-state index in [1.807, 2.05) is 29.2 Å². The minimum atomic E-state index is -2.92. The first-order valence-corrected chi connectivity index (χ1v) is 10.8. The van der Waals surface area contributed by atoms with Crippen molar-refractivity contribution in [1.29, 1.82) is 0 Å². The number of likely N-dealkylation sites (tertiary alicyclic amines) is 1. The van der Waals surface area contributed by atoms with Crippen LogP contribution in [0.4, 0.5) is 5.69 Å². The van der Waals surface area contributed by atoms with Crippen molar-refractivity contribution >= 4 is 38.4 Å². The molecule has 3 aliphatic rings. The predicted molar refractivity (Wildman–Crippen MR) is 96.5 cm³/mol. The van der Waals surface area contributed by atoms with Gasteiger partial charge in [0.15, 0.2) is 15.0 Å². The number of amides is 1. The fourth-order valence-corrected chi connectivity index (χ4v) is 7.01. The van der Waals surface area contributed by atoms with Gasteiger partial charge in [-0.15, -0.1) is 0 Å². The first kappa shape index (κ1) is 16.0. The summed E-state index contributed by atoms with van der Waals surface area (Å²) >= 11 is 1.49. The van der Waals surface area contributed by atoms with Crippen LogP contribution in [0.5, 0.6) is 0 Å². The Morgan fingerprint density at radius 3 is 2.54 bits per heavy atom. The smallest absolute Gasteiger partial charge is 0.253 e. The van der Waals surface area contributed by atoms with Crippen LogP contribution in [0.1, 0.15) is 23.2 Å². The molecule has 2 saturated heterocycles. The van der Waals surface area contributed by atoms with Crippen molar-refractivity contribution < 1.29 is 13.2 Å². The van der Waals surface area contributed by atoms with Gasteiger partial charge in [-0.25, -0.2) is 8.42 Å². The van der Waals surface area contributed by atoms with E-state index in [4.69, 9.17) is 0 Å². The monoisotopic (exact) mass is 365 g/mol. The molecule has 2 atom stereocenters. The molecule has 1 N–H and O–H groups in total. The molecule has 1 aromatic carbocycles. The number of nitrogens with zero attached hydrogens (tertiary/aromatic N) is 2. The number of hydrogen-bond acceptors (Lipinski definition) is 6. The van der Waals surface area contributed by atoms with Crippen molar-refractivity contribution in [2.45, 2.75) is 24.1 Å². The maximum atomic E-state index is 12.3. The van der Waals surface area contributed by atoms with Crippen LogP contribution in [0, 0.1) is 0 Å². The Morgan fingerprint density at radius 1 is 1.17 bits per heavy atom. The number of nitrogens with one attached hydrogen (secondary N) is 1. The highest BCUT2D eigenvalue weighted by molar-refractivity contribution is 8.15. The van der Waals surface area contributed by atoms with Crippen LogP contribution in [0.3, 0.4) is 0 Å². The van der Waals surface area contributed by atoms with E-state index in [1.54, 1.807) is 0 Å². The van der Waals surface area contributed by atoms with Crippen molar-refractivity contribution in [3.8, 4) is 0 Å². The number of carbonyl (C=O) groups is 1. The highest BCUT2D eigenvalue weighted by Gasteiger charge is 2.42. The lowest BCUT2D eigenvalue weighted by Gasteiger charge is -2.15. The van der Waals surface area contributed by atoms with Gasteiger partial charge in [0.05, 0.1) is 17.5 Å². The van der Waals surface area contributed by atoms with Crippen molar-refractivity contribution in [3.05, 3.63) is 29.8 Å². The average molecular weight is 365 g/mol. The zero-order valence-electron chi connectivity index (χ0n) is 13.1. The molecule has 6 nitrogen and oxygen atoms in total. The standard InChI is InChI=1S/C16H19N3O3S2/c20-15(19-7-1-2-8-19)11-3-5-12(6-4-11)17-16-18-13-9-24(21,22)10-14(13)23-16/h3-6,13-14H,1-2,7-10H2,(H,17,18)/t13-,14+/m1/s1. The topological polar surface area (TPSA) is 78.8 Å². The molecule has 0 spiro atoms. The van der Waals surface area contributed by atoms with Crippen molar-refractivity contribution in [3.63, 3.8) is 0 Å². The highest BCUT2D eigenvalue weighted by atomic mass is 32.2. The number of aliphatic imine (C=N–C) groups is 1. The molecule has 3 heterocycles. The summed E-state index contributed by atoms with van der Waals surface area (Å²) in [7, 11) is -2.92. The molecule has 1 amide bonds. The summed E-state index contributed by atoms with van der Waals surface area (Å²) < 4.78 is 23.2. The molecule has 0 bridgehead atoms. The fraction of sp³-hybridized carbons (Fsp3) is 0.500. The molecule has 0 radical (unpaired) electrons. The van der Waals surface area contributed by atoms with E-state index >= 15 is 0 Å². The van der Waals surface area contributed by atoms with Gasteiger partial charge in [0.2, 0.25) is 0 Å². The molecule has 24 heavy (non-hydrogen) atoms. The Bertz CT molecular complexity index is 783. The molecule has 2 fully saturated rings. The van der Waals surface area contributed by atoms with Gasteiger partial charge < -0.3 is 10.2 Å². The van der Waals surface area contributed by atoms with E-state index in [9.17, 15) is 13.2 Å². The van der Waals surface area contributed by atoms with Crippen LogP contribution in [-0.4, -0.2) is 60.3 Å². The summed E-state index contributed by atoms with van der Waals surface area (Å²) in [4.78, 5) is 18.7. The summed E-state index contributed by atoms with van der Waals surface area (Å²) in [6, 6.07) is 7.27. The molecule has 4 rings (SSSR count). The summed E-state index contributed by atoms with van der Waals surface area (Å²) in [5.74, 6) is 0.450. The lowest BCUT2D eigenvalue weighted by Crippen LogP contribution is -2.27. The van der Waals surface area contributed by atoms with Gasteiger partial charge in [-0.3, -0.25) is 9.79 Å². The van der Waals surface area contributed by atoms with Crippen LogP contribution in [0.15, 0.2) is 29.3 Å². The number of fused-ring (bicyclic) bond motifs is 1. The first-order chi connectivity index (χ1) is 11.5. The van der Waals surface area contributed by atoms with Crippen molar-refractivity contribution in [2.75, 3.05) is 29.9 Å². The number of rotatable bonds is 2. The molecule has 1 aromatic rings. The summed E-state index contributed by atoms with van der Waals surface area (Å²) in [5, 5.41) is 4.02. The molecule has 3 aliphatic heterocycles. The maximum Gasteiger partial charge on any atom is 0.253 e. The molecule has 8 heteroatoms. The van der Waals surface area contributed by atoms with E-state index in [0.717, 1.165) is 36.8 Å². The van der Waals surface area contributed by atoms with Gasteiger partial charge >= 0.3 is 0 Å². The number of amidine groups is 1. The van der Waals surface area contributed by atoms with Gasteiger partial charge in [-0.2, -0.15) is 0 Å². The molecule has 0 unspecified atom stereocenters. The zero-order valence-corrected chi connectivity index (χ0v) is 14.8. The summed E-state index contributed by atoms with van der Waals surface area (Å²) in [5.41, 5.74) is 1.56. The lowest BCUT2D eigenvalue weighted by atomic mass is 10.2. The molecular weight excluding hydrogens is 346 g/mol. The van der Waals surface area contributed by atoms with E-state index in [1.165, 1.54) is 11.8 Å². The third-order valence-electron chi connectivity index (χ3n) is 4.59. The second-order valence-electron chi connectivity index (χ2n) is 6.44. The van der Waals surface area contributed by atoms with E-state index in [2.05, 4.69) is 10.3 Å². The SMILES string of the molecule is O=C(c1ccc(NC2=N[C@@H]3CS(=O)(=O)C[C@@H]3S2)cc1)N1CCCC1. The Hall–Kier alpha value is -1.54. The summed E-state index contributed by atoms with van der Waals surface area (Å²) in [6.07, 6.45) is 2.17. The molecule has 0 aromatic heterocycles. The molecule has 0 aliphatic carbocycles. The van der Waals surface area contributed by atoms with Gasteiger partial charge in [0.25, 0.3) is 5.91 Å². The second kappa shape index (κ2) is 6.07. The second-order valence-corrected chi connectivity index (χ2v) is 9.82. The van der Waals surface area contributed by atoms with E-state index in [-0.39, 0.29) is 28.7 Å². The number of sulfone groups is 1. The van der Waals surface area contributed by atoms with Crippen LogP contribution < -0.4 is 5.32 Å². The van der Waals surface area contributed by atoms with Crippen LogP contribution in [0.25, 0.3) is 0 Å². The number of thioether (sulfide) groups is 1. The average Bonchev–Trinajstić information content (AvgIpc) is 3.22. The highest BCUT2D eigenvalue weighted by Crippen LogP contribution is 2.34. The van der Waals surface area contributed by atoms with Gasteiger partial charge in [0.1, 0.15) is 0 Å². The largest absolute Gasteiger partial charge is 0.339 e. The minimum absolute atomic E-state index is 0.0357. The quantitative estimate of drug-likeness (QED) is 0.861. The molecular formula is C16H19N3O3S2. The van der Waals surface area contributed by atoms with E-state index in [0.29, 0.717) is 5.56 Å².